The van der Waals surface area contributed by atoms with Crippen LogP contribution in [0.25, 0.3) is 0 Å². The van der Waals surface area contributed by atoms with E-state index in [-0.39, 0.29) is 24.8 Å². The molecule has 2 nitrogen and oxygen atoms in total. The predicted octanol–water partition coefficient (Wildman–Crippen LogP) is 1.54. The lowest BCUT2D eigenvalue weighted by atomic mass is 10.1. The Balaban J connectivity index is 0.000000980. The zero-order valence-electron chi connectivity index (χ0n) is 8.95. The molecule has 2 rings (SSSR count). The molecule has 88 valence electrons. The molecule has 1 N–H and O–H groups in total. The Labute approximate surface area is 105 Å². The Morgan fingerprint density at radius 2 is 1.80 bits per heavy atom. The van der Waals surface area contributed by atoms with E-state index in [2.05, 4.69) is 16.1 Å². The van der Waals surface area contributed by atoms with E-state index < -0.39 is 0 Å². The van der Waals surface area contributed by atoms with Crippen LogP contribution in [-0.2, 0) is 0 Å². The molecule has 2 aliphatic rings. The number of terminal acetylenes is 1. The van der Waals surface area contributed by atoms with Gasteiger partial charge in [-0.15, -0.1) is 37.2 Å². The maximum Gasteiger partial charge on any atom is 0.0215 e. The third-order valence-corrected chi connectivity index (χ3v) is 3.31. The Morgan fingerprint density at radius 3 is 2.33 bits per heavy atom. The quantitative estimate of drug-likeness (QED) is 0.711. The van der Waals surface area contributed by atoms with E-state index in [1.807, 2.05) is 0 Å². The highest BCUT2D eigenvalue weighted by molar-refractivity contribution is 5.85. The SMILES string of the molecule is C#C[C@@H]1CC[C@@H](N2CCNCC2)C1.Cl.Cl. The van der Waals surface area contributed by atoms with Gasteiger partial charge in [0.25, 0.3) is 0 Å². The van der Waals surface area contributed by atoms with Crippen LogP contribution in [0, 0.1) is 18.3 Å². The molecule has 0 aromatic rings. The second-order valence-corrected chi connectivity index (χ2v) is 4.12. The minimum Gasteiger partial charge on any atom is -0.314 e. The summed E-state index contributed by atoms with van der Waals surface area (Å²) in [5.74, 6) is 3.45. The van der Waals surface area contributed by atoms with Gasteiger partial charge in [0.15, 0.2) is 0 Å². The average Bonchev–Trinajstić information content (AvgIpc) is 2.67. The first-order chi connectivity index (χ1) is 6.40. The number of piperazine rings is 1. The van der Waals surface area contributed by atoms with Crippen LogP contribution >= 0.6 is 24.8 Å². The Bertz CT molecular complexity index is 209. The molecule has 1 saturated heterocycles. The summed E-state index contributed by atoms with van der Waals surface area (Å²) in [7, 11) is 0. The van der Waals surface area contributed by atoms with Crippen LogP contribution in [-0.4, -0.2) is 37.1 Å². The molecule has 0 radical (unpaired) electrons. The van der Waals surface area contributed by atoms with Gasteiger partial charge < -0.3 is 5.32 Å². The molecule has 15 heavy (non-hydrogen) atoms. The molecule has 0 aromatic carbocycles. The third-order valence-electron chi connectivity index (χ3n) is 3.31. The highest BCUT2D eigenvalue weighted by atomic mass is 35.5. The summed E-state index contributed by atoms with van der Waals surface area (Å²) < 4.78 is 0. The van der Waals surface area contributed by atoms with Crippen molar-refractivity contribution in [3.8, 4) is 12.3 Å². The van der Waals surface area contributed by atoms with E-state index in [0.29, 0.717) is 5.92 Å². The van der Waals surface area contributed by atoms with Crippen molar-refractivity contribution in [3.63, 3.8) is 0 Å². The van der Waals surface area contributed by atoms with Crippen molar-refractivity contribution in [1.29, 1.82) is 0 Å². The molecule has 0 bridgehead atoms. The van der Waals surface area contributed by atoms with E-state index in [9.17, 15) is 0 Å². The van der Waals surface area contributed by atoms with Crippen molar-refractivity contribution in [2.75, 3.05) is 26.2 Å². The maximum absolute atomic E-state index is 5.44. The molecule has 1 saturated carbocycles. The minimum atomic E-state index is 0. The molecule has 2 atom stereocenters. The standard InChI is InChI=1S/C11H18N2.2ClH/c1-2-10-3-4-11(9-10)13-7-5-12-6-8-13;;/h1,10-12H,3-9H2;2*1H/t10-,11-;;/m1../s1. The van der Waals surface area contributed by atoms with Gasteiger partial charge in [-0.25, -0.2) is 0 Å². The third kappa shape index (κ3) is 3.85. The first-order valence-electron chi connectivity index (χ1n) is 5.31. The van der Waals surface area contributed by atoms with E-state index >= 15 is 0 Å². The highest BCUT2D eigenvalue weighted by Gasteiger charge is 2.28. The lowest BCUT2D eigenvalue weighted by Gasteiger charge is -2.32. The van der Waals surface area contributed by atoms with Crippen LogP contribution in [0.3, 0.4) is 0 Å². The smallest absolute Gasteiger partial charge is 0.0215 e. The van der Waals surface area contributed by atoms with Crippen LogP contribution in [0.4, 0.5) is 0 Å². The predicted molar refractivity (Wildman–Crippen MR) is 68.9 cm³/mol. The molecule has 1 aliphatic heterocycles. The van der Waals surface area contributed by atoms with Gasteiger partial charge in [-0.3, -0.25) is 4.90 Å². The molecule has 0 aromatic heterocycles. The molecule has 0 spiro atoms. The van der Waals surface area contributed by atoms with E-state index in [0.717, 1.165) is 19.1 Å². The molecule has 4 heteroatoms. The van der Waals surface area contributed by atoms with Crippen LogP contribution in [0.5, 0.6) is 0 Å². The fourth-order valence-corrected chi connectivity index (χ4v) is 2.49. The number of rotatable bonds is 1. The van der Waals surface area contributed by atoms with Crippen molar-refractivity contribution in [2.24, 2.45) is 5.92 Å². The van der Waals surface area contributed by atoms with E-state index in [1.54, 1.807) is 0 Å². The van der Waals surface area contributed by atoms with Crippen molar-refractivity contribution in [3.05, 3.63) is 0 Å². The fourth-order valence-electron chi connectivity index (χ4n) is 2.49. The van der Waals surface area contributed by atoms with E-state index in [1.165, 1.54) is 32.4 Å². The average molecular weight is 251 g/mol. The van der Waals surface area contributed by atoms with Crippen molar-refractivity contribution in [1.82, 2.24) is 10.2 Å². The van der Waals surface area contributed by atoms with Crippen molar-refractivity contribution < 1.29 is 0 Å². The summed E-state index contributed by atoms with van der Waals surface area (Å²) in [5.41, 5.74) is 0. The summed E-state index contributed by atoms with van der Waals surface area (Å²) in [4.78, 5) is 2.60. The van der Waals surface area contributed by atoms with Gasteiger partial charge in [0.05, 0.1) is 0 Å². The van der Waals surface area contributed by atoms with Gasteiger partial charge in [-0.05, 0) is 19.3 Å². The van der Waals surface area contributed by atoms with Crippen LogP contribution in [0.1, 0.15) is 19.3 Å². The van der Waals surface area contributed by atoms with Gasteiger partial charge in [-0.2, -0.15) is 0 Å². The summed E-state index contributed by atoms with van der Waals surface area (Å²) in [6.07, 6.45) is 9.23. The second kappa shape index (κ2) is 7.35. The first-order valence-corrected chi connectivity index (χ1v) is 5.31. The summed E-state index contributed by atoms with van der Waals surface area (Å²) in [6, 6.07) is 0.781. The second-order valence-electron chi connectivity index (χ2n) is 4.12. The number of halogens is 2. The zero-order valence-corrected chi connectivity index (χ0v) is 10.6. The monoisotopic (exact) mass is 250 g/mol. The lowest BCUT2D eigenvalue weighted by molar-refractivity contribution is 0.174. The normalized spacial score (nSPS) is 31.1. The molecule has 1 heterocycles. The Morgan fingerprint density at radius 1 is 1.13 bits per heavy atom. The van der Waals surface area contributed by atoms with Gasteiger partial charge in [-0.1, -0.05) is 0 Å². The summed E-state index contributed by atoms with van der Waals surface area (Å²) >= 11 is 0. The molecular weight excluding hydrogens is 231 g/mol. The number of nitrogens with zero attached hydrogens (tertiary/aromatic N) is 1. The maximum atomic E-state index is 5.44. The molecule has 1 aliphatic carbocycles. The molecule has 0 unspecified atom stereocenters. The fraction of sp³-hybridized carbons (Fsp3) is 0.818. The van der Waals surface area contributed by atoms with Crippen LogP contribution < -0.4 is 5.32 Å². The number of nitrogens with one attached hydrogen (secondary N) is 1. The Kier molecular flexibility index (Phi) is 7.38. The highest BCUT2D eigenvalue weighted by Crippen LogP contribution is 2.28. The van der Waals surface area contributed by atoms with Gasteiger partial charge >= 0.3 is 0 Å². The Hall–Kier alpha value is 0.0600. The number of hydrogen-bond acceptors (Lipinski definition) is 2. The van der Waals surface area contributed by atoms with Gasteiger partial charge in [0.2, 0.25) is 0 Å². The van der Waals surface area contributed by atoms with E-state index in [4.69, 9.17) is 6.42 Å². The zero-order chi connectivity index (χ0) is 9.10. The summed E-state index contributed by atoms with van der Waals surface area (Å²) in [5, 5.41) is 3.38. The van der Waals surface area contributed by atoms with Crippen LogP contribution in [0.15, 0.2) is 0 Å². The molecule has 0 amide bonds. The summed E-state index contributed by atoms with van der Waals surface area (Å²) in [6.45, 7) is 4.72. The van der Waals surface area contributed by atoms with Gasteiger partial charge in [0.1, 0.15) is 0 Å². The van der Waals surface area contributed by atoms with Crippen molar-refractivity contribution >= 4 is 24.8 Å². The lowest BCUT2D eigenvalue weighted by Crippen LogP contribution is -2.47. The molecule has 2 fully saturated rings. The van der Waals surface area contributed by atoms with Crippen LogP contribution in [0.2, 0.25) is 0 Å². The largest absolute Gasteiger partial charge is 0.314 e. The minimum absolute atomic E-state index is 0. The topological polar surface area (TPSA) is 15.3 Å². The molecular formula is C11H20Cl2N2. The van der Waals surface area contributed by atoms with Gasteiger partial charge in [0, 0.05) is 38.1 Å². The number of hydrogen-bond donors (Lipinski definition) is 1. The first kappa shape index (κ1) is 15.1. The van der Waals surface area contributed by atoms with Crippen molar-refractivity contribution in [2.45, 2.75) is 25.3 Å².